The number of methoxy groups -OCH3 is 1. The highest BCUT2D eigenvalue weighted by atomic mass is 32.2. The molecule has 126 valence electrons. The van der Waals surface area contributed by atoms with Gasteiger partial charge < -0.3 is 10.1 Å². The third-order valence-electron chi connectivity index (χ3n) is 3.91. The Morgan fingerprint density at radius 3 is 2.71 bits per heavy atom. The minimum atomic E-state index is -3.80. The molecular formula is C17H18N2O4S. The van der Waals surface area contributed by atoms with Gasteiger partial charge in [-0.1, -0.05) is 13.0 Å². The number of rotatable bonds is 5. The van der Waals surface area contributed by atoms with Gasteiger partial charge >= 0.3 is 0 Å². The first-order chi connectivity index (χ1) is 11.4. The molecule has 2 aromatic rings. The molecule has 0 unspecified atom stereocenters. The molecule has 0 saturated carbocycles. The first-order valence-corrected chi connectivity index (χ1v) is 9.04. The third kappa shape index (κ3) is 3.07. The van der Waals surface area contributed by atoms with Crippen molar-refractivity contribution in [1.29, 1.82) is 0 Å². The molecule has 0 bridgehead atoms. The lowest BCUT2D eigenvalue weighted by molar-refractivity contribution is -0.115. The summed E-state index contributed by atoms with van der Waals surface area (Å²) in [6.45, 7) is 1.95. The van der Waals surface area contributed by atoms with E-state index in [2.05, 4.69) is 10.0 Å². The van der Waals surface area contributed by atoms with Crippen molar-refractivity contribution in [3.05, 3.63) is 47.5 Å². The summed E-state index contributed by atoms with van der Waals surface area (Å²) in [7, 11) is -2.36. The molecule has 2 aromatic carbocycles. The number of benzene rings is 2. The van der Waals surface area contributed by atoms with E-state index in [1.54, 1.807) is 30.3 Å². The van der Waals surface area contributed by atoms with Crippen LogP contribution in [0.5, 0.6) is 5.75 Å². The summed E-state index contributed by atoms with van der Waals surface area (Å²) in [5.74, 6) is 0.194. The van der Waals surface area contributed by atoms with E-state index in [0.29, 0.717) is 11.4 Å². The number of anilines is 2. The van der Waals surface area contributed by atoms with Crippen molar-refractivity contribution >= 4 is 27.3 Å². The van der Waals surface area contributed by atoms with Crippen molar-refractivity contribution in [3.8, 4) is 5.75 Å². The van der Waals surface area contributed by atoms with Gasteiger partial charge in [-0.2, -0.15) is 0 Å². The van der Waals surface area contributed by atoms with E-state index in [-0.39, 0.29) is 23.0 Å². The first-order valence-electron chi connectivity index (χ1n) is 7.55. The fraction of sp³-hybridized carbons (Fsp3) is 0.235. The maximum absolute atomic E-state index is 12.7. The maximum atomic E-state index is 12.7. The molecule has 0 atom stereocenters. The van der Waals surface area contributed by atoms with Crippen LogP contribution in [0.2, 0.25) is 0 Å². The van der Waals surface area contributed by atoms with Gasteiger partial charge in [0.05, 0.1) is 13.5 Å². The minimum Gasteiger partial charge on any atom is -0.495 e. The summed E-state index contributed by atoms with van der Waals surface area (Å²) < 4.78 is 33.2. The number of carbonyl (C=O) groups is 1. The summed E-state index contributed by atoms with van der Waals surface area (Å²) >= 11 is 0. The lowest BCUT2D eigenvalue weighted by atomic mass is 10.1. The molecule has 0 aliphatic carbocycles. The molecule has 24 heavy (non-hydrogen) atoms. The Bertz CT molecular complexity index is 907. The van der Waals surface area contributed by atoms with Crippen LogP contribution in [-0.2, 0) is 27.7 Å². The van der Waals surface area contributed by atoms with Crippen LogP contribution >= 0.6 is 0 Å². The van der Waals surface area contributed by atoms with Crippen molar-refractivity contribution in [2.75, 3.05) is 17.1 Å². The van der Waals surface area contributed by atoms with Gasteiger partial charge in [-0.3, -0.25) is 9.52 Å². The Kier molecular flexibility index (Phi) is 4.19. The van der Waals surface area contributed by atoms with Crippen molar-refractivity contribution in [3.63, 3.8) is 0 Å². The first kappa shape index (κ1) is 16.3. The summed E-state index contributed by atoms with van der Waals surface area (Å²) in [5.41, 5.74) is 2.80. The molecule has 0 spiro atoms. The Labute approximate surface area is 140 Å². The van der Waals surface area contributed by atoms with E-state index in [9.17, 15) is 13.2 Å². The monoisotopic (exact) mass is 346 g/mol. The normalized spacial score (nSPS) is 13.3. The Morgan fingerprint density at radius 1 is 1.21 bits per heavy atom. The second-order valence-corrected chi connectivity index (χ2v) is 7.19. The van der Waals surface area contributed by atoms with E-state index in [1.807, 2.05) is 13.0 Å². The van der Waals surface area contributed by atoms with E-state index in [1.165, 1.54) is 7.11 Å². The second kappa shape index (κ2) is 6.16. The minimum absolute atomic E-state index is 0.0951. The average Bonchev–Trinajstić information content (AvgIpc) is 2.93. The fourth-order valence-electron chi connectivity index (χ4n) is 2.65. The van der Waals surface area contributed by atoms with Crippen LogP contribution in [0.4, 0.5) is 11.4 Å². The Morgan fingerprint density at radius 2 is 2.00 bits per heavy atom. The molecule has 2 N–H and O–H groups in total. The predicted molar refractivity (Wildman–Crippen MR) is 92.0 cm³/mol. The zero-order valence-electron chi connectivity index (χ0n) is 13.4. The number of sulfonamides is 1. The number of fused-ring (bicyclic) bond motifs is 1. The number of amides is 1. The molecule has 6 nitrogen and oxygen atoms in total. The molecule has 0 saturated heterocycles. The van der Waals surface area contributed by atoms with Gasteiger partial charge in [-0.25, -0.2) is 8.42 Å². The smallest absolute Gasteiger partial charge is 0.265 e. The molecule has 7 heteroatoms. The number of nitrogens with one attached hydrogen (secondary N) is 2. The molecular weight excluding hydrogens is 328 g/mol. The Balaban J connectivity index is 1.95. The van der Waals surface area contributed by atoms with Gasteiger partial charge in [-0.15, -0.1) is 0 Å². The molecule has 1 aliphatic heterocycles. The van der Waals surface area contributed by atoms with Crippen LogP contribution in [0, 0.1) is 0 Å². The van der Waals surface area contributed by atoms with Gasteiger partial charge in [-0.05, 0) is 47.9 Å². The Hall–Kier alpha value is -2.54. The third-order valence-corrected chi connectivity index (χ3v) is 5.31. The average molecular weight is 346 g/mol. The number of ether oxygens (including phenoxy) is 1. The van der Waals surface area contributed by atoms with Gasteiger partial charge in [0, 0.05) is 11.4 Å². The number of carbonyl (C=O) groups excluding carboxylic acids is 1. The highest BCUT2D eigenvalue weighted by molar-refractivity contribution is 7.92. The summed E-state index contributed by atoms with van der Waals surface area (Å²) in [6, 6.07) is 10.1. The molecule has 3 rings (SSSR count). The highest BCUT2D eigenvalue weighted by Crippen LogP contribution is 2.30. The topological polar surface area (TPSA) is 84.5 Å². The van der Waals surface area contributed by atoms with Crippen molar-refractivity contribution in [2.45, 2.75) is 24.7 Å². The van der Waals surface area contributed by atoms with Crippen LogP contribution in [0.25, 0.3) is 0 Å². The largest absolute Gasteiger partial charge is 0.495 e. The molecule has 1 amide bonds. The predicted octanol–water partition coefficient (Wildman–Crippen LogP) is 2.55. The van der Waals surface area contributed by atoms with Gasteiger partial charge in [0.25, 0.3) is 10.0 Å². The number of aryl methyl sites for hydroxylation is 1. The van der Waals surface area contributed by atoms with E-state index < -0.39 is 10.0 Å². The van der Waals surface area contributed by atoms with Crippen molar-refractivity contribution < 1.29 is 17.9 Å². The van der Waals surface area contributed by atoms with Gasteiger partial charge in [0.2, 0.25) is 5.91 Å². The van der Waals surface area contributed by atoms with Crippen molar-refractivity contribution in [1.82, 2.24) is 0 Å². The fourth-order valence-corrected chi connectivity index (χ4v) is 3.92. The maximum Gasteiger partial charge on any atom is 0.265 e. The van der Waals surface area contributed by atoms with Crippen LogP contribution in [0.15, 0.2) is 41.3 Å². The summed E-state index contributed by atoms with van der Waals surface area (Å²) in [4.78, 5) is 11.5. The zero-order chi connectivity index (χ0) is 17.3. The second-order valence-electron chi connectivity index (χ2n) is 5.54. The molecule has 1 heterocycles. The van der Waals surface area contributed by atoms with E-state index in [4.69, 9.17) is 4.74 Å². The van der Waals surface area contributed by atoms with Crippen molar-refractivity contribution in [2.24, 2.45) is 0 Å². The zero-order valence-corrected chi connectivity index (χ0v) is 14.2. The van der Waals surface area contributed by atoms with Crippen LogP contribution in [-0.4, -0.2) is 21.4 Å². The lowest BCUT2D eigenvalue weighted by Crippen LogP contribution is -2.14. The quantitative estimate of drug-likeness (QED) is 0.871. The highest BCUT2D eigenvalue weighted by Gasteiger charge is 2.22. The SMILES string of the molecule is CCc1ccc(OC)c(S(=O)(=O)Nc2ccc3c(c2)CC(=O)N3)c1. The van der Waals surface area contributed by atoms with E-state index in [0.717, 1.165) is 17.5 Å². The standard InChI is InChI=1S/C17H18N2O4S/c1-3-11-4-7-15(23-2)16(8-11)24(21,22)19-13-5-6-14-12(9-13)10-17(20)18-14/h4-9,19H,3,10H2,1-2H3,(H,18,20). The summed E-state index contributed by atoms with van der Waals surface area (Å²) in [6.07, 6.45) is 0.971. The number of hydrogen-bond acceptors (Lipinski definition) is 4. The molecule has 0 radical (unpaired) electrons. The molecule has 0 aromatic heterocycles. The van der Waals surface area contributed by atoms with E-state index >= 15 is 0 Å². The molecule has 0 fully saturated rings. The number of hydrogen-bond donors (Lipinski definition) is 2. The molecule has 1 aliphatic rings. The van der Waals surface area contributed by atoms with Crippen LogP contribution in [0.1, 0.15) is 18.1 Å². The van der Waals surface area contributed by atoms with Gasteiger partial charge in [0.1, 0.15) is 10.6 Å². The van der Waals surface area contributed by atoms with Crippen LogP contribution in [0.3, 0.4) is 0 Å². The summed E-state index contributed by atoms with van der Waals surface area (Å²) in [5, 5.41) is 2.72. The lowest BCUT2D eigenvalue weighted by Gasteiger charge is -2.13. The van der Waals surface area contributed by atoms with Gasteiger partial charge in [0.15, 0.2) is 0 Å². The van der Waals surface area contributed by atoms with Crippen LogP contribution < -0.4 is 14.8 Å².